The molecular weight excluding hydrogens is 370 g/mol. The molecule has 122 valence electrons. The molecule has 3 rings (SSSR count). The van der Waals surface area contributed by atoms with E-state index in [0.717, 1.165) is 27.5 Å². The first-order valence-corrected chi connectivity index (χ1v) is 8.33. The Morgan fingerprint density at radius 3 is 2.71 bits per heavy atom. The van der Waals surface area contributed by atoms with E-state index in [9.17, 15) is 9.90 Å². The van der Waals surface area contributed by atoms with Crippen LogP contribution in [0.2, 0.25) is 0 Å². The molecule has 0 aliphatic heterocycles. The molecule has 0 fully saturated rings. The number of fused-ring (bicyclic) bond motifs is 1. The Balaban J connectivity index is 2.34. The van der Waals surface area contributed by atoms with E-state index in [1.54, 1.807) is 19.2 Å². The van der Waals surface area contributed by atoms with Crippen molar-refractivity contribution in [3.8, 4) is 17.0 Å². The predicted molar refractivity (Wildman–Crippen MR) is 97.8 cm³/mol. The molecule has 0 bridgehead atoms. The van der Waals surface area contributed by atoms with E-state index < -0.39 is 5.97 Å². The largest absolute Gasteiger partial charge is 0.497 e. The van der Waals surface area contributed by atoms with E-state index in [4.69, 9.17) is 9.72 Å². The van der Waals surface area contributed by atoms with Gasteiger partial charge >= 0.3 is 5.97 Å². The number of halogens is 1. The molecule has 0 atom stereocenters. The van der Waals surface area contributed by atoms with Crippen molar-refractivity contribution in [2.24, 2.45) is 0 Å². The van der Waals surface area contributed by atoms with Crippen LogP contribution in [-0.4, -0.2) is 23.2 Å². The molecule has 1 heterocycles. The molecule has 5 heteroatoms. The smallest absolute Gasteiger partial charge is 0.336 e. The molecule has 0 spiro atoms. The van der Waals surface area contributed by atoms with Gasteiger partial charge in [-0.2, -0.15) is 0 Å². The van der Waals surface area contributed by atoms with Crippen molar-refractivity contribution in [1.29, 1.82) is 0 Å². The van der Waals surface area contributed by atoms with Crippen LogP contribution in [0.5, 0.6) is 5.75 Å². The standard InChI is InChI=1S/C19H16BrNO3/c1-3-11-7-13(20)9-15-16(19(22)23)10-17(21-18(11)15)12-5-4-6-14(8-12)24-2/h4-10H,3H2,1-2H3,(H,22,23). The second-order valence-electron chi connectivity index (χ2n) is 5.41. The van der Waals surface area contributed by atoms with Crippen LogP contribution in [0, 0.1) is 0 Å². The van der Waals surface area contributed by atoms with Crippen molar-refractivity contribution >= 4 is 32.8 Å². The van der Waals surface area contributed by atoms with Crippen LogP contribution in [0.25, 0.3) is 22.2 Å². The minimum absolute atomic E-state index is 0.244. The molecule has 0 amide bonds. The van der Waals surface area contributed by atoms with Crippen LogP contribution in [0.1, 0.15) is 22.8 Å². The first kappa shape index (κ1) is 16.5. The van der Waals surface area contributed by atoms with Crippen LogP contribution < -0.4 is 4.74 Å². The number of aromatic nitrogens is 1. The highest BCUT2D eigenvalue weighted by Gasteiger charge is 2.16. The van der Waals surface area contributed by atoms with Gasteiger partial charge in [-0.15, -0.1) is 0 Å². The van der Waals surface area contributed by atoms with Gasteiger partial charge in [0.25, 0.3) is 0 Å². The highest BCUT2D eigenvalue weighted by atomic mass is 79.9. The summed E-state index contributed by atoms with van der Waals surface area (Å²) in [6, 6.07) is 12.9. The number of methoxy groups -OCH3 is 1. The van der Waals surface area contributed by atoms with Crippen LogP contribution in [0.15, 0.2) is 46.9 Å². The molecule has 4 nitrogen and oxygen atoms in total. The summed E-state index contributed by atoms with van der Waals surface area (Å²) in [4.78, 5) is 16.5. The van der Waals surface area contributed by atoms with Gasteiger partial charge in [0.05, 0.1) is 23.9 Å². The van der Waals surface area contributed by atoms with Crippen LogP contribution in [-0.2, 0) is 6.42 Å². The Labute approximate surface area is 148 Å². The zero-order valence-corrected chi connectivity index (χ0v) is 14.9. The van der Waals surface area contributed by atoms with Gasteiger partial charge < -0.3 is 9.84 Å². The lowest BCUT2D eigenvalue weighted by Gasteiger charge is -2.11. The van der Waals surface area contributed by atoms with Crippen LogP contribution in [0.4, 0.5) is 0 Å². The average Bonchev–Trinajstić information content (AvgIpc) is 2.60. The zero-order valence-electron chi connectivity index (χ0n) is 13.3. The second-order valence-corrected chi connectivity index (χ2v) is 6.32. The molecular formula is C19H16BrNO3. The number of ether oxygens (including phenoxy) is 1. The quantitative estimate of drug-likeness (QED) is 0.691. The summed E-state index contributed by atoms with van der Waals surface area (Å²) in [5.41, 5.74) is 3.42. The van der Waals surface area contributed by atoms with Gasteiger partial charge in [0.2, 0.25) is 0 Å². The number of carboxylic acid groups (broad SMARTS) is 1. The average molecular weight is 386 g/mol. The fourth-order valence-corrected chi connectivity index (χ4v) is 3.24. The van der Waals surface area contributed by atoms with Gasteiger partial charge in [-0.3, -0.25) is 0 Å². The Morgan fingerprint density at radius 2 is 2.04 bits per heavy atom. The molecule has 0 saturated carbocycles. The molecule has 0 aliphatic rings. The molecule has 1 N–H and O–H groups in total. The molecule has 3 aromatic rings. The summed E-state index contributed by atoms with van der Waals surface area (Å²) < 4.78 is 6.10. The molecule has 0 saturated heterocycles. The summed E-state index contributed by atoms with van der Waals surface area (Å²) in [6.07, 6.45) is 0.767. The predicted octanol–water partition coefficient (Wildman–Crippen LogP) is 4.93. The van der Waals surface area contributed by atoms with Crippen LogP contribution in [0.3, 0.4) is 0 Å². The number of aromatic carboxylic acids is 1. The molecule has 2 aromatic carbocycles. The van der Waals surface area contributed by atoms with Gasteiger partial charge in [0.15, 0.2) is 0 Å². The lowest BCUT2D eigenvalue weighted by atomic mass is 10.0. The number of nitrogens with zero attached hydrogens (tertiary/aromatic N) is 1. The topological polar surface area (TPSA) is 59.4 Å². The summed E-state index contributed by atoms with van der Waals surface area (Å²) in [6.45, 7) is 2.03. The summed E-state index contributed by atoms with van der Waals surface area (Å²) >= 11 is 3.45. The number of pyridine rings is 1. The van der Waals surface area contributed by atoms with Gasteiger partial charge in [-0.05, 0) is 42.3 Å². The Bertz CT molecular complexity index is 937. The molecule has 24 heavy (non-hydrogen) atoms. The van der Waals surface area contributed by atoms with E-state index in [1.807, 2.05) is 37.3 Å². The molecule has 0 aliphatic carbocycles. The van der Waals surface area contributed by atoms with E-state index in [-0.39, 0.29) is 5.56 Å². The number of rotatable bonds is 4. The lowest BCUT2D eigenvalue weighted by molar-refractivity contribution is 0.0699. The van der Waals surface area contributed by atoms with Crippen molar-refractivity contribution in [3.63, 3.8) is 0 Å². The van der Waals surface area contributed by atoms with Crippen molar-refractivity contribution < 1.29 is 14.6 Å². The minimum Gasteiger partial charge on any atom is -0.497 e. The maximum absolute atomic E-state index is 11.8. The van der Waals surface area contributed by atoms with E-state index in [2.05, 4.69) is 15.9 Å². The van der Waals surface area contributed by atoms with Gasteiger partial charge in [-0.25, -0.2) is 9.78 Å². The number of hydrogen-bond donors (Lipinski definition) is 1. The van der Waals surface area contributed by atoms with E-state index in [1.165, 1.54) is 0 Å². The highest BCUT2D eigenvalue weighted by molar-refractivity contribution is 9.10. The summed E-state index contributed by atoms with van der Waals surface area (Å²) in [5.74, 6) is -0.260. The second kappa shape index (κ2) is 6.61. The molecule has 0 unspecified atom stereocenters. The number of benzene rings is 2. The van der Waals surface area contributed by atoms with Crippen molar-refractivity contribution in [2.75, 3.05) is 7.11 Å². The lowest BCUT2D eigenvalue weighted by Crippen LogP contribution is -2.02. The first-order chi connectivity index (χ1) is 11.5. The Hall–Kier alpha value is -2.40. The third kappa shape index (κ3) is 2.99. The summed E-state index contributed by atoms with van der Waals surface area (Å²) in [7, 11) is 1.60. The third-order valence-electron chi connectivity index (χ3n) is 3.93. The molecule has 1 aromatic heterocycles. The SMILES string of the molecule is CCc1cc(Br)cc2c(C(=O)O)cc(-c3cccc(OC)c3)nc12. The number of aryl methyl sites for hydroxylation is 1. The maximum atomic E-state index is 11.8. The number of carbonyl (C=O) groups is 1. The fourth-order valence-electron chi connectivity index (χ4n) is 2.74. The normalized spacial score (nSPS) is 10.8. The fraction of sp³-hybridized carbons (Fsp3) is 0.158. The van der Waals surface area contributed by atoms with Gasteiger partial charge in [0.1, 0.15) is 5.75 Å². The Morgan fingerprint density at radius 1 is 1.25 bits per heavy atom. The monoisotopic (exact) mass is 385 g/mol. The van der Waals surface area contributed by atoms with Crippen molar-refractivity contribution in [2.45, 2.75) is 13.3 Å². The van der Waals surface area contributed by atoms with E-state index >= 15 is 0 Å². The van der Waals surface area contributed by atoms with Gasteiger partial charge in [-0.1, -0.05) is 35.0 Å². The summed E-state index contributed by atoms with van der Waals surface area (Å²) in [5, 5.41) is 10.3. The maximum Gasteiger partial charge on any atom is 0.336 e. The first-order valence-electron chi connectivity index (χ1n) is 7.54. The Kier molecular flexibility index (Phi) is 4.53. The highest BCUT2D eigenvalue weighted by Crippen LogP contribution is 2.31. The van der Waals surface area contributed by atoms with E-state index in [0.29, 0.717) is 16.8 Å². The number of carboxylic acids is 1. The van der Waals surface area contributed by atoms with Crippen molar-refractivity contribution in [1.82, 2.24) is 4.98 Å². The zero-order chi connectivity index (χ0) is 17.3. The van der Waals surface area contributed by atoms with Crippen LogP contribution >= 0.6 is 15.9 Å². The van der Waals surface area contributed by atoms with Crippen molar-refractivity contribution in [3.05, 3.63) is 58.1 Å². The van der Waals surface area contributed by atoms with Gasteiger partial charge in [0, 0.05) is 15.4 Å². The molecule has 0 radical (unpaired) electrons. The minimum atomic E-state index is -0.966. The number of hydrogen-bond acceptors (Lipinski definition) is 3. The third-order valence-corrected chi connectivity index (χ3v) is 4.39.